The Balaban J connectivity index is 2.05. The van der Waals surface area contributed by atoms with Gasteiger partial charge in [0.05, 0.1) is 18.5 Å². The number of nitriles is 1. The summed E-state index contributed by atoms with van der Waals surface area (Å²) in [5.74, 6) is -1.13. The molecule has 0 saturated carbocycles. The molecule has 0 amide bonds. The summed E-state index contributed by atoms with van der Waals surface area (Å²) in [6.45, 7) is 1.65. The molecule has 3 aromatic rings. The Bertz CT molecular complexity index is 927. The minimum Gasteiger partial charge on any atom is -0.362 e. The van der Waals surface area contributed by atoms with E-state index in [2.05, 4.69) is 26.5 Å². The van der Waals surface area contributed by atoms with Crippen LogP contribution in [0.3, 0.4) is 0 Å². The number of hydrogen-bond acceptors (Lipinski definition) is 5. The van der Waals surface area contributed by atoms with Gasteiger partial charge in [0.1, 0.15) is 5.82 Å². The highest BCUT2D eigenvalue weighted by atomic mass is 19.4. The van der Waals surface area contributed by atoms with Crippen molar-refractivity contribution >= 4 is 11.6 Å². The van der Waals surface area contributed by atoms with Crippen molar-refractivity contribution in [2.24, 2.45) is 0 Å². The highest BCUT2D eigenvalue weighted by Crippen LogP contribution is 2.28. The quantitative estimate of drug-likeness (QED) is 0.782. The predicted octanol–water partition coefficient (Wildman–Crippen LogP) is 3.52. The molecule has 2 aromatic heterocycles. The number of anilines is 1. The lowest BCUT2D eigenvalue weighted by atomic mass is 10.0. The highest BCUT2D eigenvalue weighted by Gasteiger charge is 2.37. The standard InChI is InChI=1S/C16H13F3N6/c1-10-9-13(22-12(7-8-20)11-5-3-2-4-6-11)25-15(21-10)23-14(24-25)16(17,18)19/h2-6,9,12,22H,7H2,1H3/t12-/m1/s1. The van der Waals surface area contributed by atoms with Crippen LogP contribution in [0.5, 0.6) is 0 Å². The molecule has 128 valence electrons. The summed E-state index contributed by atoms with van der Waals surface area (Å²) in [6, 6.07) is 12.4. The molecule has 0 bridgehead atoms. The summed E-state index contributed by atoms with van der Waals surface area (Å²) >= 11 is 0. The smallest absolute Gasteiger partial charge is 0.362 e. The van der Waals surface area contributed by atoms with E-state index in [4.69, 9.17) is 5.26 Å². The van der Waals surface area contributed by atoms with Gasteiger partial charge in [-0.05, 0) is 12.5 Å². The molecule has 0 aliphatic carbocycles. The first-order chi connectivity index (χ1) is 11.9. The summed E-state index contributed by atoms with van der Waals surface area (Å²) in [6.07, 6.45) is -4.53. The van der Waals surface area contributed by atoms with Crippen LogP contribution in [0.1, 0.15) is 29.5 Å². The van der Waals surface area contributed by atoms with Gasteiger partial charge in [-0.3, -0.25) is 0 Å². The second-order valence-corrected chi connectivity index (χ2v) is 5.40. The monoisotopic (exact) mass is 346 g/mol. The van der Waals surface area contributed by atoms with Gasteiger partial charge in [-0.15, -0.1) is 5.10 Å². The molecule has 0 spiro atoms. The van der Waals surface area contributed by atoms with Gasteiger partial charge in [0.15, 0.2) is 0 Å². The molecule has 6 nitrogen and oxygen atoms in total. The largest absolute Gasteiger partial charge is 0.453 e. The molecule has 1 N–H and O–H groups in total. The van der Waals surface area contributed by atoms with Crippen LogP contribution in [0.15, 0.2) is 36.4 Å². The molecule has 0 aliphatic heterocycles. The molecule has 0 fully saturated rings. The number of nitrogens with one attached hydrogen (secondary N) is 1. The summed E-state index contributed by atoms with van der Waals surface area (Å²) in [5, 5.41) is 15.6. The van der Waals surface area contributed by atoms with Crippen LogP contribution >= 0.6 is 0 Å². The zero-order valence-electron chi connectivity index (χ0n) is 13.1. The topological polar surface area (TPSA) is 78.9 Å². The average Bonchev–Trinajstić information content (AvgIpc) is 2.99. The number of nitrogens with zero attached hydrogens (tertiary/aromatic N) is 5. The third kappa shape index (κ3) is 3.52. The van der Waals surface area contributed by atoms with Crippen LogP contribution in [-0.4, -0.2) is 19.6 Å². The lowest BCUT2D eigenvalue weighted by Gasteiger charge is -2.18. The number of alkyl halides is 3. The Morgan fingerprint density at radius 1 is 1.24 bits per heavy atom. The third-order valence-corrected chi connectivity index (χ3v) is 3.51. The normalized spacial score (nSPS) is 12.8. The van der Waals surface area contributed by atoms with Gasteiger partial charge in [0, 0.05) is 11.8 Å². The van der Waals surface area contributed by atoms with Gasteiger partial charge in [-0.25, -0.2) is 4.98 Å². The van der Waals surface area contributed by atoms with E-state index in [1.54, 1.807) is 13.0 Å². The molecule has 1 atom stereocenters. The maximum Gasteiger partial charge on any atom is 0.453 e. The number of hydrogen-bond donors (Lipinski definition) is 1. The molecule has 3 rings (SSSR count). The van der Waals surface area contributed by atoms with Crippen molar-refractivity contribution in [2.75, 3.05) is 5.32 Å². The molecule has 0 radical (unpaired) electrons. The Hall–Kier alpha value is -3.15. The molecule has 2 heterocycles. The molecular formula is C16H13F3N6. The Morgan fingerprint density at radius 3 is 2.60 bits per heavy atom. The van der Waals surface area contributed by atoms with Crippen LogP contribution in [0.4, 0.5) is 19.0 Å². The van der Waals surface area contributed by atoms with E-state index >= 15 is 0 Å². The van der Waals surface area contributed by atoms with Crippen molar-refractivity contribution in [1.29, 1.82) is 5.26 Å². The van der Waals surface area contributed by atoms with Gasteiger partial charge in [-0.2, -0.15) is 27.9 Å². The second-order valence-electron chi connectivity index (χ2n) is 5.40. The van der Waals surface area contributed by atoms with E-state index in [1.165, 1.54) is 0 Å². The Labute approximate surface area is 140 Å². The van der Waals surface area contributed by atoms with Crippen LogP contribution in [0.2, 0.25) is 0 Å². The first kappa shape index (κ1) is 16.7. The van der Waals surface area contributed by atoms with E-state index in [1.807, 2.05) is 30.3 Å². The van der Waals surface area contributed by atoms with Gasteiger partial charge >= 0.3 is 6.18 Å². The number of benzene rings is 1. The summed E-state index contributed by atoms with van der Waals surface area (Å²) < 4.78 is 39.6. The first-order valence-electron chi connectivity index (χ1n) is 7.38. The number of rotatable bonds is 4. The van der Waals surface area contributed by atoms with Crippen molar-refractivity contribution < 1.29 is 13.2 Å². The van der Waals surface area contributed by atoms with E-state index in [0.29, 0.717) is 5.69 Å². The number of halogens is 3. The van der Waals surface area contributed by atoms with Crippen LogP contribution in [0, 0.1) is 18.3 Å². The molecule has 0 saturated heterocycles. The maximum absolute atomic E-state index is 12.9. The van der Waals surface area contributed by atoms with Gasteiger partial charge in [0.2, 0.25) is 0 Å². The van der Waals surface area contributed by atoms with Crippen molar-refractivity contribution in [3.8, 4) is 6.07 Å². The van der Waals surface area contributed by atoms with Crippen molar-refractivity contribution in [3.05, 3.63) is 53.5 Å². The summed E-state index contributed by atoms with van der Waals surface area (Å²) in [7, 11) is 0. The lowest BCUT2D eigenvalue weighted by molar-refractivity contribution is -0.144. The van der Waals surface area contributed by atoms with Crippen LogP contribution < -0.4 is 5.32 Å². The average molecular weight is 346 g/mol. The maximum atomic E-state index is 12.9. The van der Waals surface area contributed by atoms with Crippen molar-refractivity contribution in [1.82, 2.24) is 19.6 Å². The highest BCUT2D eigenvalue weighted by molar-refractivity contribution is 5.47. The second kappa shape index (κ2) is 6.39. The molecular weight excluding hydrogens is 333 g/mol. The fraction of sp³-hybridized carbons (Fsp3) is 0.250. The zero-order chi connectivity index (χ0) is 18.0. The minimum absolute atomic E-state index is 0.133. The molecule has 25 heavy (non-hydrogen) atoms. The van der Waals surface area contributed by atoms with E-state index in [0.717, 1.165) is 10.1 Å². The van der Waals surface area contributed by atoms with Crippen LogP contribution in [-0.2, 0) is 6.18 Å². The SMILES string of the molecule is Cc1cc(N[C@H](CC#N)c2ccccc2)n2nc(C(F)(F)F)nc2n1. The van der Waals surface area contributed by atoms with E-state index in [9.17, 15) is 13.2 Å². The van der Waals surface area contributed by atoms with Crippen molar-refractivity contribution in [3.63, 3.8) is 0 Å². The minimum atomic E-state index is -4.66. The van der Waals surface area contributed by atoms with Crippen molar-refractivity contribution in [2.45, 2.75) is 25.6 Å². The summed E-state index contributed by atoms with van der Waals surface area (Å²) in [5.41, 5.74) is 1.32. The van der Waals surface area contributed by atoms with Gasteiger partial charge in [-0.1, -0.05) is 30.3 Å². The number of aryl methyl sites for hydroxylation is 1. The fourth-order valence-corrected chi connectivity index (χ4v) is 2.42. The Morgan fingerprint density at radius 2 is 1.96 bits per heavy atom. The van der Waals surface area contributed by atoms with E-state index in [-0.39, 0.29) is 18.0 Å². The third-order valence-electron chi connectivity index (χ3n) is 3.51. The first-order valence-corrected chi connectivity index (χ1v) is 7.38. The van der Waals surface area contributed by atoms with Gasteiger partial charge in [0.25, 0.3) is 11.6 Å². The predicted molar refractivity (Wildman–Crippen MR) is 83.6 cm³/mol. The Kier molecular flexibility index (Phi) is 4.27. The number of fused-ring (bicyclic) bond motifs is 1. The van der Waals surface area contributed by atoms with Crippen LogP contribution in [0.25, 0.3) is 5.78 Å². The number of aromatic nitrogens is 4. The fourth-order valence-electron chi connectivity index (χ4n) is 2.42. The lowest BCUT2D eigenvalue weighted by Crippen LogP contribution is -2.14. The van der Waals surface area contributed by atoms with E-state index < -0.39 is 18.0 Å². The van der Waals surface area contributed by atoms with Gasteiger partial charge < -0.3 is 5.32 Å². The molecule has 0 unspecified atom stereocenters. The molecule has 1 aromatic carbocycles. The molecule has 0 aliphatic rings. The summed E-state index contributed by atoms with van der Waals surface area (Å²) in [4.78, 5) is 7.42. The molecule has 9 heteroatoms. The zero-order valence-corrected chi connectivity index (χ0v) is 13.1.